The summed E-state index contributed by atoms with van der Waals surface area (Å²) in [6.07, 6.45) is 14.6. The first-order valence-corrected chi connectivity index (χ1v) is 15.3. The van der Waals surface area contributed by atoms with Gasteiger partial charge >= 0.3 is 13.8 Å². The highest BCUT2D eigenvalue weighted by Gasteiger charge is 2.26. The van der Waals surface area contributed by atoms with Gasteiger partial charge in [-0.3, -0.25) is 13.8 Å². The third kappa shape index (κ3) is 25.0. The molecule has 210 valence electrons. The highest BCUT2D eigenvalue weighted by atomic mass is 31.2. The van der Waals surface area contributed by atoms with E-state index in [2.05, 4.69) is 13.8 Å². The van der Waals surface area contributed by atoms with Crippen molar-refractivity contribution in [2.24, 2.45) is 0 Å². The van der Waals surface area contributed by atoms with Crippen LogP contribution in [0.5, 0.6) is 0 Å². The van der Waals surface area contributed by atoms with Crippen LogP contribution in [0, 0.1) is 0 Å². The summed E-state index contributed by atoms with van der Waals surface area (Å²) in [7, 11) is 1.67. The molecule has 0 saturated heterocycles. The summed E-state index contributed by atoms with van der Waals surface area (Å²) < 4.78 is 34.2. The maximum atomic E-state index is 12.2. The van der Waals surface area contributed by atoms with Crippen LogP contribution in [0.1, 0.15) is 104 Å². The maximum Gasteiger partial charge on any atom is 0.472 e. The van der Waals surface area contributed by atoms with Crippen LogP contribution in [-0.2, 0) is 27.9 Å². The molecule has 0 bridgehead atoms. The van der Waals surface area contributed by atoms with E-state index in [0.29, 0.717) is 24.1 Å². The quantitative estimate of drug-likeness (QED) is 0.0653. The fourth-order valence-corrected chi connectivity index (χ4v) is 4.17. The fraction of sp³-hybridized carbons (Fsp3) is 0.962. The molecule has 2 unspecified atom stereocenters. The zero-order valence-corrected chi connectivity index (χ0v) is 24.2. The third-order valence-corrected chi connectivity index (χ3v) is 6.65. The van der Waals surface area contributed by atoms with Crippen LogP contribution in [0.25, 0.3) is 0 Å². The SMILES string of the molecule is CCCCCCCCCCCOCC(COP(=O)(O)OCC[N+](C)(C)C)OC(=O)CCCCCC. The molecule has 0 aromatic heterocycles. The molecule has 0 rings (SSSR count). The van der Waals surface area contributed by atoms with Gasteiger partial charge in [-0.25, -0.2) is 4.57 Å². The number of likely N-dealkylation sites (N-methyl/N-ethyl adjacent to an activating group) is 1. The van der Waals surface area contributed by atoms with E-state index in [1.165, 1.54) is 44.9 Å². The van der Waals surface area contributed by atoms with Crippen molar-refractivity contribution in [2.45, 2.75) is 110 Å². The molecule has 0 aliphatic carbocycles. The average Bonchev–Trinajstić information content (AvgIpc) is 2.77. The molecule has 9 heteroatoms. The van der Waals surface area contributed by atoms with E-state index in [4.69, 9.17) is 18.5 Å². The molecule has 0 fully saturated rings. The van der Waals surface area contributed by atoms with Crippen molar-refractivity contribution < 1.29 is 37.3 Å². The van der Waals surface area contributed by atoms with E-state index < -0.39 is 13.9 Å². The molecule has 2 atom stereocenters. The summed E-state index contributed by atoms with van der Waals surface area (Å²) in [6, 6.07) is 0. The number of phosphoric ester groups is 1. The van der Waals surface area contributed by atoms with Crippen LogP contribution in [0.2, 0.25) is 0 Å². The average molecular weight is 525 g/mol. The Kier molecular flexibility index (Phi) is 21.3. The molecule has 0 spiro atoms. The van der Waals surface area contributed by atoms with Gasteiger partial charge in [0, 0.05) is 13.0 Å². The first-order valence-electron chi connectivity index (χ1n) is 13.8. The monoisotopic (exact) mass is 524 g/mol. The topological polar surface area (TPSA) is 91.3 Å². The van der Waals surface area contributed by atoms with Crippen molar-refractivity contribution >= 4 is 13.8 Å². The van der Waals surface area contributed by atoms with Gasteiger partial charge in [0.25, 0.3) is 0 Å². The van der Waals surface area contributed by atoms with Crippen molar-refractivity contribution in [3.05, 3.63) is 0 Å². The smallest absolute Gasteiger partial charge is 0.457 e. The number of ether oxygens (including phenoxy) is 2. The Morgan fingerprint density at radius 1 is 0.771 bits per heavy atom. The van der Waals surface area contributed by atoms with Gasteiger partial charge in [-0.2, -0.15) is 0 Å². The van der Waals surface area contributed by atoms with Gasteiger partial charge in [-0.05, 0) is 12.8 Å². The lowest BCUT2D eigenvalue weighted by atomic mass is 10.1. The van der Waals surface area contributed by atoms with Crippen LogP contribution in [0.15, 0.2) is 0 Å². The zero-order valence-electron chi connectivity index (χ0n) is 23.3. The van der Waals surface area contributed by atoms with Gasteiger partial charge < -0.3 is 18.9 Å². The second-order valence-electron chi connectivity index (χ2n) is 10.4. The van der Waals surface area contributed by atoms with E-state index >= 15 is 0 Å². The van der Waals surface area contributed by atoms with Gasteiger partial charge in [0.2, 0.25) is 0 Å². The Labute approximate surface area is 215 Å². The number of nitrogens with zero attached hydrogens (tertiary/aromatic N) is 1. The van der Waals surface area contributed by atoms with Crippen molar-refractivity contribution in [1.29, 1.82) is 0 Å². The molecule has 0 aromatic rings. The van der Waals surface area contributed by atoms with Gasteiger partial charge in [0.1, 0.15) is 19.3 Å². The minimum Gasteiger partial charge on any atom is -0.457 e. The summed E-state index contributed by atoms with van der Waals surface area (Å²) in [5.74, 6) is -0.333. The van der Waals surface area contributed by atoms with Crippen molar-refractivity contribution in [2.75, 3.05) is 54.1 Å². The molecule has 0 amide bonds. The summed E-state index contributed by atoms with van der Waals surface area (Å²) in [4.78, 5) is 22.2. The second kappa shape index (κ2) is 21.6. The highest BCUT2D eigenvalue weighted by molar-refractivity contribution is 7.47. The molecule has 0 heterocycles. The first-order chi connectivity index (χ1) is 16.6. The Bertz CT molecular complexity index is 554. The number of hydrogen-bond donors (Lipinski definition) is 1. The van der Waals surface area contributed by atoms with Gasteiger partial charge in [-0.15, -0.1) is 0 Å². The Hall–Kier alpha value is -0.500. The predicted octanol–water partition coefficient (Wildman–Crippen LogP) is 6.26. The number of hydrogen-bond acceptors (Lipinski definition) is 6. The van der Waals surface area contributed by atoms with Gasteiger partial charge in [0.15, 0.2) is 0 Å². The molecule has 8 nitrogen and oxygen atoms in total. The minimum atomic E-state index is -4.23. The molecular weight excluding hydrogens is 469 g/mol. The van der Waals surface area contributed by atoms with Crippen LogP contribution in [0.4, 0.5) is 0 Å². The summed E-state index contributed by atoms with van der Waals surface area (Å²) in [6.45, 7) is 5.46. The summed E-state index contributed by atoms with van der Waals surface area (Å²) in [5.41, 5.74) is 0. The number of quaternary nitrogens is 1. The molecule has 1 N–H and O–H groups in total. The normalized spacial score (nSPS) is 14.6. The lowest BCUT2D eigenvalue weighted by Gasteiger charge is -2.24. The number of carbonyl (C=O) groups excluding carboxylic acids is 1. The fourth-order valence-electron chi connectivity index (χ4n) is 3.43. The number of esters is 1. The number of unbranched alkanes of at least 4 members (excludes halogenated alkanes) is 11. The third-order valence-electron chi connectivity index (χ3n) is 5.67. The van der Waals surface area contributed by atoms with Crippen molar-refractivity contribution in [1.82, 2.24) is 0 Å². The summed E-state index contributed by atoms with van der Waals surface area (Å²) >= 11 is 0. The van der Waals surface area contributed by atoms with E-state index in [9.17, 15) is 14.3 Å². The van der Waals surface area contributed by atoms with Crippen LogP contribution >= 0.6 is 7.82 Å². The van der Waals surface area contributed by atoms with E-state index in [1.54, 1.807) is 0 Å². The van der Waals surface area contributed by atoms with Gasteiger partial charge in [-0.1, -0.05) is 84.5 Å². The van der Waals surface area contributed by atoms with Crippen molar-refractivity contribution in [3.8, 4) is 0 Å². The predicted molar refractivity (Wildman–Crippen MR) is 141 cm³/mol. The standard InChI is InChI=1S/C26H54NO7P/c1-6-8-10-12-13-14-15-16-18-21-31-23-25(34-26(28)19-17-11-9-7-2)24-33-35(29,30)32-22-20-27(3,4)5/h25H,6-24H2,1-5H3/p+1. The molecule has 0 radical (unpaired) electrons. The molecule has 0 aliphatic rings. The molecule has 35 heavy (non-hydrogen) atoms. The largest absolute Gasteiger partial charge is 0.472 e. The number of phosphoric acid groups is 1. The Morgan fingerprint density at radius 2 is 1.31 bits per heavy atom. The van der Waals surface area contributed by atoms with E-state index in [1.807, 2.05) is 21.1 Å². The van der Waals surface area contributed by atoms with Crippen LogP contribution in [0.3, 0.4) is 0 Å². The highest BCUT2D eigenvalue weighted by Crippen LogP contribution is 2.43. The Morgan fingerprint density at radius 3 is 1.89 bits per heavy atom. The Balaban J connectivity index is 4.34. The zero-order chi connectivity index (χ0) is 26.4. The van der Waals surface area contributed by atoms with E-state index in [0.717, 1.165) is 38.5 Å². The maximum absolute atomic E-state index is 12.2. The second-order valence-corrected chi connectivity index (χ2v) is 11.9. The lowest BCUT2D eigenvalue weighted by Crippen LogP contribution is -2.37. The van der Waals surface area contributed by atoms with Crippen LogP contribution in [-0.4, -0.2) is 75.6 Å². The van der Waals surface area contributed by atoms with Crippen molar-refractivity contribution in [3.63, 3.8) is 0 Å². The number of rotatable bonds is 25. The molecule has 0 saturated carbocycles. The van der Waals surface area contributed by atoms with Crippen LogP contribution < -0.4 is 0 Å². The first kappa shape index (κ1) is 34.5. The lowest BCUT2D eigenvalue weighted by molar-refractivity contribution is -0.870. The van der Waals surface area contributed by atoms with E-state index in [-0.39, 0.29) is 25.8 Å². The van der Waals surface area contributed by atoms with Gasteiger partial charge in [0.05, 0.1) is 34.4 Å². The number of carbonyl (C=O) groups is 1. The summed E-state index contributed by atoms with van der Waals surface area (Å²) in [5, 5.41) is 0. The molecule has 0 aliphatic heterocycles. The molecular formula is C26H55NO7P+. The molecule has 0 aromatic carbocycles. The minimum absolute atomic E-state index is 0.0915.